The number of nitrogens with zero attached hydrogens (tertiary/aromatic N) is 12. The van der Waals surface area contributed by atoms with E-state index in [4.69, 9.17) is 49.0 Å². The number of amides is 3. The first-order valence-electron chi connectivity index (χ1n) is 41.1. The standard InChI is InChI=1S/C28H38ClF3N6O4S.C28H38ClF3N6O3S.C27H38ClFN6O3S/c1-37-11-9-18(10-12-37)34-26(39)19-14-25(42-3)23(15-21(19)29)36-27-33-16-20(28(30,31)32)22(35-27)13-17-7-5-6-8-24(17)38(2)43(4,40)41;1-37-11-9-18(10-12-37)34-26(39)19-14-25(41-3)23(15-21(19)29)36-27-33-16-20(28(30,31)32)22(35-27)13-17-7-6-8-24(17)38(2)42(4,5)40;1-34-11-9-18(10-12-34)31-26(36)19-14-25(38-3)23(15-21(19)29)33-27-30-16-20(28)22(32-27)13-17-7-6-8-24(17)35(2)39(4,5)37/h14-18,24H,5-13H2,1-4H3,(H,34,39)(H,33,35,36);14-18,24H,4,6-13H2,1-3,5H3,(H,34,39)(H,33,35,36);14-18,24H,4,6-13H2,1-3,5H3,(H,31,36)(H,30,32,33)/t17-,24+;17-,24+,42?;17-,24+,39?/m000/s1. The lowest BCUT2D eigenvalue weighted by molar-refractivity contribution is -0.139. The van der Waals surface area contributed by atoms with E-state index in [-0.39, 0.29) is 152 Å². The third-order valence-electron chi connectivity index (χ3n) is 24.3. The number of halogens is 10. The zero-order valence-electron chi connectivity index (χ0n) is 71.9. The van der Waals surface area contributed by atoms with Gasteiger partial charge in [0, 0.05) is 93.7 Å². The molecule has 3 aromatic carbocycles. The van der Waals surface area contributed by atoms with Gasteiger partial charge in [-0.15, -0.1) is 0 Å². The molecule has 2 unspecified atom stereocenters. The number of anilines is 6. The van der Waals surface area contributed by atoms with Crippen molar-refractivity contribution in [2.45, 2.75) is 171 Å². The van der Waals surface area contributed by atoms with E-state index in [1.807, 2.05) is 32.5 Å². The molecule has 3 aliphatic heterocycles. The van der Waals surface area contributed by atoms with E-state index in [0.717, 1.165) is 135 Å². The molecule has 0 bridgehead atoms. The first kappa shape index (κ1) is 98.4. The van der Waals surface area contributed by atoms with Gasteiger partial charge in [-0.25, -0.2) is 55.6 Å². The van der Waals surface area contributed by atoms with Crippen LogP contribution in [0.2, 0.25) is 15.1 Å². The van der Waals surface area contributed by atoms with Crippen molar-refractivity contribution in [3.05, 3.63) is 121 Å². The fourth-order valence-electron chi connectivity index (χ4n) is 16.9. The molecule has 3 aliphatic carbocycles. The van der Waals surface area contributed by atoms with Gasteiger partial charge in [-0.2, -0.15) is 26.3 Å². The van der Waals surface area contributed by atoms with Gasteiger partial charge in [-0.1, -0.05) is 60.5 Å². The number of aromatic nitrogens is 6. The van der Waals surface area contributed by atoms with Gasteiger partial charge < -0.3 is 60.8 Å². The van der Waals surface area contributed by atoms with E-state index in [0.29, 0.717) is 54.2 Å². The van der Waals surface area contributed by atoms with E-state index < -0.39 is 70.7 Å². The van der Waals surface area contributed by atoms with E-state index in [1.165, 1.54) is 81.5 Å². The van der Waals surface area contributed by atoms with Gasteiger partial charge in [0.15, 0.2) is 0 Å². The van der Waals surface area contributed by atoms with Crippen LogP contribution in [0.4, 0.5) is 65.6 Å². The highest BCUT2D eigenvalue weighted by molar-refractivity contribution is 7.97. The van der Waals surface area contributed by atoms with Crippen LogP contribution in [0.3, 0.4) is 0 Å². The van der Waals surface area contributed by atoms with Crippen LogP contribution >= 0.6 is 34.8 Å². The highest BCUT2D eigenvalue weighted by Gasteiger charge is 2.42. The summed E-state index contributed by atoms with van der Waals surface area (Å²) in [5, 5.41) is 18.5. The summed E-state index contributed by atoms with van der Waals surface area (Å²) in [5.41, 5.74) is -0.430. The summed E-state index contributed by atoms with van der Waals surface area (Å²) in [6.45, 7) is 5.27. The van der Waals surface area contributed by atoms with Gasteiger partial charge in [0.25, 0.3) is 17.7 Å². The molecule has 12 rings (SSSR count). The van der Waals surface area contributed by atoms with Crippen LogP contribution in [-0.2, 0) is 61.1 Å². The molecule has 3 aromatic heterocycles. The number of nitrogens with one attached hydrogen (secondary N) is 6. The topological polar surface area (TPSA) is 316 Å². The van der Waals surface area contributed by atoms with Gasteiger partial charge in [0.1, 0.15) is 23.1 Å². The molecule has 28 nitrogen and oxygen atoms in total. The number of carbonyl (C=O) groups is 3. The van der Waals surface area contributed by atoms with Gasteiger partial charge in [-0.05, 0) is 231 Å². The normalized spacial score (nSPS) is 21.5. The number of hydrogen-bond acceptors (Lipinski definition) is 22. The molecule has 3 saturated heterocycles. The lowest BCUT2D eigenvalue weighted by Crippen LogP contribution is -2.44. The number of methoxy groups -OCH3 is 3. The Labute approximate surface area is 737 Å². The predicted molar refractivity (Wildman–Crippen MR) is 473 cm³/mol. The van der Waals surface area contributed by atoms with Crippen molar-refractivity contribution in [3.8, 4) is 17.2 Å². The van der Waals surface area contributed by atoms with Crippen molar-refractivity contribution in [2.24, 2.45) is 17.8 Å². The summed E-state index contributed by atoms with van der Waals surface area (Å²) in [7, 11) is 6.99. The van der Waals surface area contributed by atoms with Gasteiger partial charge >= 0.3 is 12.4 Å². The monoisotopic (exact) mass is 1860 g/mol. The Morgan fingerprint density at radius 3 is 1.11 bits per heavy atom. The number of piperidine rings is 3. The maximum atomic E-state index is 15.1. The van der Waals surface area contributed by atoms with Gasteiger partial charge in [0.05, 0.1) is 111 Å². The summed E-state index contributed by atoms with van der Waals surface area (Å²) in [6.07, 6.45) is 11.2. The van der Waals surface area contributed by atoms with Gasteiger partial charge in [-0.3, -0.25) is 22.8 Å². The largest absolute Gasteiger partial charge is 0.495 e. The smallest absolute Gasteiger partial charge is 0.419 e. The fourth-order valence-corrected chi connectivity index (χ4v) is 20.0. The number of benzene rings is 3. The molecule has 124 heavy (non-hydrogen) atoms. The van der Waals surface area contributed by atoms with Crippen LogP contribution in [0.5, 0.6) is 17.2 Å². The molecule has 6 N–H and O–H groups in total. The third kappa shape index (κ3) is 26.2. The highest BCUT2D eigenvalue weighted by atomic mass is 35.5. The predicted octanol–water partition coefficient (Wildman–Crippen LogP) is 13.1. The number of hydrogen-bond donors (Lipinski definition) is 6. The quantitative estimate of drug-likeness (QED) is 0.0206. The number of carbonyl (C=O) groups excluding carboxylic acids is 3. The molecule has 6 heterocycles. The molecule has 41 heteroatoms. The highest BCUT2D eigenvalue weighted by Crippen LogP contribution is 2.43. The SMILES string of the molecule is C=S(C)(=O)N(C)[C@@H]1CCC[C@H]1Cc1nc(Nc2cc(Cl)c(C(=O)NC3CCN(C)CC3)cc2OC)ncc1C(F)(F)F.C=S(C)(=O)N(C)[C@@H]1CCC[C@H]1Cc1nc(Nc2cc(F)c(C(=O)NC3CCN(C)CC3)cc2OC)ncc1Cl.COc1cc(C(=O)NC2CCN(C)CC2)c(Cl)cc1Nc1ncc(C(F)(F)F)c(C[C@@H]2CCCC[C@H]2N(C)S(C)(=O)=O)n1. The van der Waals surface area contributed by atoms with Crippen LogP contribution < -0.4 is 46.1 Å². The van der Waals surface area contributed by atoms with E-state index in [1.54, 1.807) is 17.6 Å². The molecule has 6 aliphatic rings. The third-order valence-corrected chi connectivity index (χ3v) is 29.5. The fraction of sp³-hybridized carbons (Fsp3) is 0.578. The lowest BCUT2D eigenvalue weighted by atomic mass is 9.81. The van der Waals surface area contributed by atoms with Crippen molar-refractivity contribution in [3.63, 3.8) is 0 Å². The zero-order valence-corrected chi connectivity index (χ0v) is 76.7. The molecule has 0 radical (unpaired) electrons. The van der Waals surface area contributed by atoms with Crippen molar-refractivity contribution < 1.29 is 76.2 Å². The minimum Gasteiger partial charge on any atom is -0.495 e. The van der Waals surface area contributed by atoms with Crippen molar-refractivity contribution >= 4 is 129 Å². The molecule has 8 atom stereocenters. The Balaban J connectivity index is 0.000000195. The molecule has 6 aromatic rings. The second kappa shape index (κ2) is 42.4. The lowest BCUT2D eigenvalue weighted by Gasteiger charge is -2.37. The van der Waals surface area contributed by atoms with Crippen molar-refractivity contribution in [1.82, 2.24) is 73.5 Å². The summed E-state index contributed by atoms with van der Waals surface area (Å²) < 4.78 is 170. The van der Waals surface area contributed by atoms with Crippen LogP contribution in [-0.4, -0.2) is 262 Å². The van der Waals surface area contributed by atoms with E-state index in [9.17, 15) is 57.6 Å². The molecule has 3 amide bonds. The Bertz CT molecular complexity index is 5110. The number of likely N-dealkylation sites (tertiary alicyclic amines) is 3. The maximum absolute atomic E-state index is 15.1. The molecule has 3 saturated carbocycles. The average molecular weight is 1860 g/mol. The maximum Gasteiger partial charge on any atom is 0.419 e. The molecule has 0 spiro atoms. The first-order valence-corrected chi connectivity index (χ1v) is 48.3. The number of sulfonamides is 1. The summed E-state index contributed by atoms with van der Waals surface area (Å²) in [4.78, 5) is 70.6. The minimum absolute atomic E-state index is 0.00872. The van der Waals surface area contributed by atoms with E-state index in [2.05, 4.69) is 88.2 Å². The van der Waals surface area contributed by atoms with Crippen LogP contribution in [0.1, 0.15) is 162 Å². The zero-order chi connectivity index (χ0) is 90.7. The Morgan fingerprint density at radius 2 is 0.758 bits per heavy atom. The van der Waals surface area contributed by atoms with Crippen LogP contribution in [0.15, 0.2) is 55.0 Å². The van der Waals surface area contributed by atoms with Gasteiger partial charge in [0.2, 0.25) is 27.9 Å². The molecule has 684 valence electrons. The van der Waals surface area contributed by atoms with Crippen molar-refractivity contribution in [1.29, 1.82) is 0 Å². The summed E-state index contributed by atoms with van der Waals surface area (Å²) in [6, 6.07) is 8.03. The first-order chi connectivity index (χ1) is 58.3. The molecular formula is C83H114Cl3F7N18O10S3. The van der Waals surface area contributed by atoms with Crippen LogP contribution in [0.25, 0.3) is 0 Å². The Hall–Kier alpha value is -7.76. The second-order valence-electron chi connectivity index (χ2n) is 33.2. The average Bonchev–Trinajstić information content (AvgIpc) is 1.09. The summed E-state index contributed by atoms with van der Waals surface area (Å²) >= 11 is 19.4. The second-order valence-corrected chi connectivity index (χ2v) is 41.5. The Kier molecular flexibility index (Phi) is 33.7. The Morgan fingerprint density at radius 1 is 0.452 bits per heavy atom. The number of alkyl halides is 6. The molecule has 6 fully saturated rings. The van der Waals surface area contributed by atoms with Crippen molar-refractivity contribution in [2.75, 3.05) is 138 Å². The van der Waals surface area contributed by atoms with E-state index >= 15 is 4.39 Å². The molecular weight excluding hydrogens is 1740 g/mol. The number of rotatable bonds is 27. The number of ether oxygens (including phenoxy) is 3. The summed E-state index contributed by atoms with van der Waals surface area (Å²) in [5.74, 6) is 6.22. The van der Waals surface area contributed by atoms with Crippen LogP contribution in [0, 0.1) is 23.6 Å². The minimum atomic E-state index is -4.70.